The van der Waals surface area contributed by atoms with Gasteiger partial charge in [-0.25, -0.2) is 4.98 Å². The Balaban J connectivity index is 1.25. The smallest absolute Gasteiger partial charge is 0.255 e. The van der Waals surface area contributed by atoms with Gasteiger partial charge in [0.15, 0.2) is 0 Å². The first-order valence-electron chi connectivity index (χ1n) is 10.7. The molecule has 3 heterocycles. The lowest BCUT2D eigenvalue weighted by molar-refractivity contribution is 0.102. The number of pyridine rings is 1. The molecular weight excluding hydrogens is 388 g/mol. The van der Waals surface area contributed by atoms with E-state index in [4.69, 9.17) is 4.74 Å². The molecule has 2 atom stereocenters. The van der Waals surface area contributed by atoms with Crippen LogP contribution in [0.15, 0.2) is 72.9 Å². The summed E-state index contributed by atoms with van der Waals surface area (Å²) in [6, 6.07) is 22.4. The van der Waals surface area contributed by atoms with Gasteiger partial charge in [0.2, 0.25) is 0 Å². The van der Waals surface area contributed by atoms with Crippen molar-refractivity contribution in [3.05, 3.63) is 78.5 Å². The maximum absolute atomic E-state index is 12.5. The van der Waals surface area contributed by atoms with Crippen molar-refractivity contribution in [2.45, 2.75) is 24.9 Å². The van der Waals surface area contributed by atoms with E-state index in [-0.39, 0.29) is 5.91 Å². The van der Waals surface area contributed by atoms with Crippen molar-refractivity contribution < 1.29 is 9.53 Å². The number of anilines is 3. The zero-order valence-electron chi connectivity index (χ0n) is 17.6. The predicted molar refractivity (Wildman–Crippen MR) is 123 cm³/mol. The van der Waals surface area contributed by atoms with Crippen molar-refractivity contribution in [3.63, 3.8) is 0 Å². The predicted octanol–water partition coefficient (Wildman–Crippen LogP) is 4.20. The number of nitrogens with zero attached hydrogens (tertiary/aromatic N) is 3. The van der Waals surface area contributed by atoms with E-state index in [1.165, 1.54) is 18.5 Å². The molecule has 6 nitrogen and oxygen atoms in total. The molecule has 31 heavy (non-hydrogen) atoms. The molecule has 2 aromatic carbocycles. The molecule has 0 radical (unpaired) electrons. The monoisotopic (exact) mass is 414 g/mol. The van der Waals surface area contributed by atoms with Crippen LogP contribution in [-0.2, 0) is 0 Å². The van der Waals surface area contributed by atoms with Crippen LogP contribution in [0.1, 0.15) is 23.2 Å². The Morgan fingerprint density at radius 1 is 0.968 bits per heavy atom. The number of rotatable bonds is 5. The first kappa shape index (κ1) is 19.4. The fourth-order valence-corrected chi connectivity index (χ4v) is 4.71. The van der Waals surface area contributed by atoms with Crippen LogP contribution in [0.5, 0.6) is 5.75 Å². The lowest BCUT2D eigenvalue weighted by Crippen LogP contribution is -2.54. The molecule has 5 rings (SSSR count). The molecule has 158 valence electrons. The van der Waals surface area contributed by atoms with Gasteiger partial charge in [-0.3, -0.25) is 4.79 Å². The number of fused-ring (bicyclic) bond motifs is 2. The summed E-state index contributed by atoms with van der Waals surface area (Å²) >= 11 is 0. The molecule has 0 spiro atoms. The molecule has 0 saturated carbocycles. The quantitative estimate of drug-likeness (QED) is 0.678. The van der Waals surface area contributed by atoms with E-state index in [1.807, 2.05) is 24.4 Å². The van der Waals surface area contributed by atoms with Crippen LogP contribution < -0.4 is 19.9 Å². The van der Waals surface area contributed by atoms with E-state index in [0.29, 0.717) is 17.6 Å². The average molecular weight is 415 g/mol. The number of methoxy groups -OCH3 is 1. The number of amides is 1. The van der Waals surface area contributed by atoms with Crippen LogP contribution in [0.3, 0.4) is 0 Å². The first-order valence-corrected chi connectivity index (χ1v) is 10.7. The highest BCUT2D eigenvalue weighted by Crippen LogP contribution is 2.36. The molecule has 3 aromatic rings. The van der Waals surface area contributed by atoms with Crippen LogP contribution in [0.2, 0.25) is 0 Å². The van der Waals surface area contributed by atoms with Crippen molar-refractivity contribution in [1.29, 1.82) is 0 Å². The number of piperazine rings is 1. The molecule has 0 aliphatic carbocycles. The number of nitrogens with one attached hydrogen (secondary N) is 1. The number of carbonyl (C=O) groups excluding carboxylic acids is 1. The van der Waals surface area contributed by atoms with Crippen LogP contribution in [0.25, 0.3) is 0 Å². The summed E-state index contributed by atoms with van der Waals surface area (Å²) in [6.07, 6.45) is 4.26. The number of ether oxygens (including phenoxy) is 1. The second-order valence-corrected chi connectivity index (χ2v) is 8.11. The standard InChI is InChI=1S/C25H26N4O2/c1-31-23-13-5-18(6-14-23)25(30)27-19-7-9-20(10-8-19)29-21-11-12-22(29)17-28(16-21)24-4-2-3-15-26-24/h2-10,13-15,21-22H,11-12,16-17H2,1H3,(H,27,30). The van der Waals surface area contributed by atoms with Gasteiger partial charge in [0.1, 0.15) is 11.6 Å². The minimum absolute atomic E-state index is 0.126. The van der Waals surface area contributed by atoms with E-state index in [2.05, 4.69) is 44.4 Å². The zero-order chi connectivity index (χ0) is 21.2. The van der Waals surface area contributed by atoms with E-state index in [9.17, 15) is 4.79 Å². The molecule has 1 amide bonds. The van der Waals surface area contributed by atoms with Gasteiger partial charge < -0.3 is 19.9 Å². The molecule has 2 aliphatic rings. The van der Waals surface area contributed by atoms with Gasteiger partial charge in [0.05, 0.1) is 7.11 Å². The summed E-state index contributed by atoms with van der Waals surface area (Å²) in [6.45, 7) is 1.98. The maximum atomic E-state index is 12.5. The Bertz CT molecular complexity index is 1020. The largest absolute Gasteiger partial charge is 0.497 e. The second kappa shape index (κ2) is 8.30. The first-order chi connectivity index (χ1) is 15.2. The topological polar surface area (TPSA) is 57.7 Å². The SMILES string of the molecule is COc1ccc(C(=O)Nc2ccc(N3C4CCC3CN(c3ccccn3)C4)cc2)cc1. The number of benzene rings is 2. The summed E-state index contributed by atoms with van der Waals surface area (Å²) in [5.74, 6) is 1.67. The zero-order valence-corrected chi connectivity index (χ0v) is 17.6. The Morgan fingerprint density at radius 3 is 2.29 bits per heavy atom. The van der Waals surface area contributed by atoms with Crippen LogP contribution in [0.4, 0.5) is 17.2 Å². The van der Waals surface area contributed by atoms with Crippen LogP contribution in [-0.4, -0.2) is 43.2 Å². The lowest BCUT2D eigenvalue weighted by Gasteiger charge is -2.43. The van der Waals surface area contributed by atoms with Gasteiger partial charge in [0.25, 0.3) is 5.91 Å². The average Bonchev–Trinajstić information content (AvgIpc) is 3.09. The summed E-state index contributed by atoms with van der Waals surface area (Å²) in [5, 5.41) is 2.98. The van der Waals surface area contributed by atoms with Gasteiger partial charge in [-0.05, 0) is 73.5 Å². The summed E-state index contributed by atoms with van der Waals surface area (Å²) in [4.78, 5) is 22.0. The van der Waals surface area contributed by atoms with E-state index < -0.39 is 0 Å². The highest BCUT2D eigenvalue weighted by Gasteiger charge is 2.40. The molecule has 2 fully saturated rings. The molecule has 2 unspecified atom stereocenters. The second-order valence-electron chi connectivity index (χ2n) is 8.11. The van der Waals surface area contributed by atoms with Crippen molar-refractivity contribution in [1.82, 2.24) is 4.98 Å². The van der Waals surface area contributed by atoms with Crippen LogP contribution in [0, 0.1) is 0 Å². The van der Waals surface area contributed by atoms with Crippen LogP contribution >= 0.6 is 0 Å². The molecule has 1 N–H and O–H groups in total. The summed E-state index contributed by atoms with van der Waals surface area (Å²) in [7, 11) is 1.61. The molecule has 2 aliphatic heterocycles. The molecule has 6 heteroatoms. The summed E-state index contributed by atoms with van der Waals surface area (Å²) in [5.41, 5.74) is 2.62. The van der Waals surface area contributed by atoms with Crippen molar-refractivity contribution in [2.24, 2.45) is 0 Å². The fourth-order valence-electron chi connectivity index (χ4n) is 4.71. The minimum atomic E-state index is -0.126. The minimum Gasteiger partial charge on any atom is -0.497 e. The van der Waals surface area contributed by atoms with Gasteiger partial charge >= 0.3 is 0 Å². The number of hydrogen-bond donors (Lipinski definition) is 1. The third-order valence-electron chi connectivity index (χ3n) is 6.23. The molecule has 2 bridgehead atoms. The summed E-state index contributed by atoms with van der Waals surface area (Å²) < 4.78 is 5.15. The fraction of sp³-hybridized carbons (Fsp3) is 0.280. The molecule has 1 aromatic heterocycles. The molecule has 2 saturated heterocycles. The lowest BCUT2D eigenvalue weighted by atomic mass is 10.1. The Hall–Kier alpha value is -3.54. The van der Waals surface area contributed by atoms with E-state index in [0.717, 1.165) is 30.3 Å². The van der Waals surface area contributed by atoms with E-state index in [1.54, 1.807) is 31.4 Å². The molecular formula is C25H26N4O2. The van der Waals surface area contributed by atoms with Gasteiger partial charge in [-0.1, -0.05) is 6.07 Å². The Kier molecular flexibility index (Phi) is 5.20. The van der Waals surface area contributed by atoms with Gasteiger partial charge in [0, 0.05) is 48.3 Å². The Labute approximate surface area is 182 Å². The van der Waals surface area contributed by atoms with E-state index >= 15 is 0 Å². The van der Waals surface area contributed by atoms with Gasteiger partial charge in [-0.15, -0.1) is 0 Å². The Morgan fingerprint density at radius 2 is 1.68 bits per heavy atom. The van der Waals surface area contributed by atoms with Crippen molar-refractivity contribution >= 4 is 23.1 Å². The maximum Gasteiger partial charge on any atom is 0.255 e. The third-order valence-corrected chi connectivity index (χ3v) is 6.23. The number of carbonyl (C=O) groups is 1. The highest BCUT2D eigenvalue weighted by molar-refractivity contribution is 6.04. The normalized spacial score (nSPS) is 19.9. The van der Waals surface area contributed by atoms with Crippen molar-refractivity contribution in [2.75, 3.05) is 35.3 Å². The van der Waals surface area contributed by atoms with Gasteiger partial charge in [-0.2, -0.15) is 0 Å². The number of hydrogen-bond acceptors (Lipinski definition) is 5. The van der Waals surface area contributed by atoms with Crippen molar-refractivity contribution in [3.8, 4) is 5.75 Å². The third kappa shape index (κ3) is 3.93. The number of aromatic nitrogens is 1. The highest BCUT2D eigenvalue weighted by atomic mass is 16.5.